The van der Waals surface area contributed by atoms with Gasteiger partial charge in [0.05, 0.1) is 6.10 Å². The van der Waals surface area contributed by atoms with Gasteiger partial charge in [-0.1, -0.05) is 11.8 Å². The lowest BCUT2D eigenvalue weighted by Gasteiger charge is -2.12. The van der Waals surface area contributed by atoms with E-state index in [0.717, 1.165) is 5.56 Å². The number of aliphatic hydroxyl groups excluding tert-OH is 1. The van der Waals surface area contributed by atoms with Crippen LogP contribution in [-0.2, 0) is 0 Å². The highest BCUT2D eigenvalue weighted by Crippen LogP contribution is 2.19. The maximum Gasteiger partial charge on any atom is 0.191 e. The zero-order valence-electron chi connectivity index (χ0n) is 10.3. The minimum absolute atomic E-state index is 0.381. The quantitative estimate of drug-likeness (QED) is 0.279. The maximum atomic E-state index is 9.98. The molecule has 2 heterocycles. The number of anilines is 2. The Morgan fingerprint density at radius 1 is 1.47 bits per heavy atom. The number of nitrogens with one attached hydrogen (secondary N) is 2. The highest BCUT2D eigenvalue weighted by atomic mass is 32.2. The van der Waals surface area contributed by atoms with Gasteiger partial charge >= 0.3 is 0 Å². The Morgan fingerprint density at radius 3 is 2.89 bits per heavy atom. The zero-order valence-corrected chi connectivity index (χ0v) is 12.0. The van der Waals surface area contributed by atoms with E-state index in [9.17, 15) is 5.11 Å². The third kappa shape index (κ3) is 3.80. The molecule has 0 fully saturated rings. The first-order chi connectivity index (χ1) is 9.22. The molecule has 2 rings (SSSR count). The summed E-state index contributed by atoms with van der Waals surface area (Å²) in [7, 11) is 0. The Kier molecular flexibility index (Phi) is 4.97. The molecule has 0 saturated heterocycles. The van der Waals surface area contributed by atoms with Gasteiger partial charge in [-0.3, -0.25) is 0 Å². The van der Waals surface area contributed by atoms with E-state index in [0.29, 0.717) is 23.3 Å². The van der Waals surface area contributed by atoms with Crippen LogP contribution in [0, 0.1) is 0 Å². The van der Waals surface area contributed by atoms with Crippen molar-refractivity contribution in [2.75, 3.05) is 23.5 Å². The smallest absolute Gasteiger partial charge is 0.191 e. The Labute approximate surface area is 119 Å². The summed E-state index contributed by atoms with van der Waals surface area (Å²) in [6, 6.07) is 3.59. The molecular weight excluding hydrogens is 282 g/mol. The summed E-state index contributed by atoms with van der Waals surface area (Å²) < 4.78 is 0. The summed E-state index contributed by atoms with van der Waals surface area (Å²) in [6.45, 7) is 0.381. The molecule has 0 radical (unpaired) electrons. The molecule has 19 heavy (non-hydrogen) atoms. The van der Waals surface area contributed by atoms with Crippen molar-refractivity contribution in [2.45, 2.75) is 11.3 Å². The third-order valence-corrected chi connectivity index (χ3v) is 3.69. The summed E-state index contributed by atoms with van der Waals surface area (Å²) >= 11 is 2.98. The van der Waals surface area contributed by atoms with Crippen molar-refractivity contribution in [1.82, 2.24) is 9.97 Å². The number of hydrazine groups is 1. The molecule has 0 aliphatic carbocycles. The van der Waals surface area contributed by atoms with Crippen LogP contribution in [-0.4, -0.2) is 27.9 Å². The Balaban J connectivity index is 2.02. The molecule has 1 atom stereocenters. The number of thioether (sulfide) groups is 1. The molecular formula is C11H15N5OS2. The monoisotopic (exact) mass is 297 g/mol. The van der Waals surface area contributed by atoms with Crippen LogP contribution in [0.4, 0.5) is 11.6 Å². The fraction of sp³-hybridized carbons (Fsp3) is 0.273. The lowest BCUT2D eigenvalue weighted by molar-refractivity contribution is 0.192. The first kappa shape index (κ1) is 14.1. The van der Waals surface area contributed by atoms with Crippen molar-refractivity contribution >= 4 is 34.7 Å². The van der Waals surface area contributed by atoms with Crippen LogP contribution in [0.5, 0.6) is 0 Å². The second kappa shape index (κ2) is 6.71. The number of nitrogens with zero attached hydrogens (tertiary/aromatic N) is 2. The molecule has 1 unspecified atom stereocenters. The summed E-state index contributed by atoms with van der Waals surface area (Å²) in [5.41, 5.74) is 3.39. The van der Waals surface area contributed by atoms with Gasteiger partial charge in [-0.25, -0.2) is 15.8 Å². The van der Waals surface area contributed by atoms with Crippen molar-refractivity contribution < 1.29 is 5.11 Å². The molecule has 0 aliphatic heterocycles. The molecule has 0 aliphatic rings. The van der Waals surface area contributed by atoms with Gasteiger partial charge in [0.1, 0.15) is 11.6 Å². The number of rotatable bonds is 6. The van der Waals surface area contributed by atoms with Crippen LogP contribution in [0.3, 0.4) is 0 Å². The normalized spacial score (nSPS) is 12.2. The molecule has 0 saturated carbocycles. The van der Waals surface area contributed by atoms with E-state index < -0.39 is 6.10 Å². The SMILES string of the molecule is CSc1nc(NN)cc(NCC(O)c2ccsc2)n1. The summed E-state index contributed by atoms with van der Waals surface area (Å²) in [5.74, 6) is 6.51. The highest BCUT2D eigenvalue weighted by molar-refractivity contribution is 7.98. The molecule has 0 bridgehead atoms. The van der Waals surface area contributed by atoms with Crippen LogP contribution in [0.25, 0.3) is 0 Å². The van der Waals surface area contributed by atoms with E-state index >= 15 is 0 Å². The number of nitrogens with two attached hydrogens (primary N) is 1. The van der Waals surface area contributed by atoms with Crippen LogP contribution in [0.1, 0.15) is 11.7 Å². The lowest BCUT2D eigenvalue weighted by Crippen LogP contribution is -2.14. The average Bonchev–Trinajstić information content (AvgIpc) is 2.98. The first-order valence-corrected chi connectivity index (χ1v) is 7.73. The molecule has 0 amide bonds. The molecule has 6 nitrogen and oxygen atoms in total. The van der Waals surface area contributed by atoms with Crippen LogP contribution >= 0.6 is 23.1 Å². The number of thiophene rings is 1. The van der Waals surface area contributed by atoms with Gasteiger partial charge in [0.25, 0.3) is 0 Å². The maximum absolute atomic E-state index is 9.98. The van der Waals surface area contributed by atoms with Gasteiger partial charge in [0, 0.05) is 12.6 Å². The average molecular weight is 297 g/mol. The van der Waals surface area contributed by atoms with Gasteiger partial charge in [-0.2, -0.15) is 11.3 Å². The number of nitrogen functional groups attached to an aromatic ring is 1. The van der Waals surface area contributed by atoms with Crippen LogP contribution < -0.4 is 16.6 Å². The largest absolute Gasteiger partial charge is 0.387 e. The van der Waals surface area contributed by atoms with E-state index in [-0.39, 0.29) is 0 Å². The van der Waals surface area contributed by atoms with E-state index in [2.05, 4.69) is 20.7 Å². The second-order valence-corrected chi connectivity index (χ2v) is 5.28. The van der Waals surface area contributed by atoms with Crippen molar-refractivity contribution in [2.24, 2.45) is 5.84 Å². The van der Waals surface area contributed by atoms with Crippen LogP contribution in [0.2, 0.25) is 0 Å². The van der Waals surface area contributed by atoms with Crippen molar-refractivity contribution in [3.8, 4) is 0 Å². The predicted molar refractivity (Wildman–Crippen MR) is 79.4 cm³/mol. The van der Waals surface area contributed by atoms with Crippen molar-refractivity contribution in [1.29, 1.82) is 0 Å². The van der Waals surface area contributed by atoms with Gasteiger partial charge in [-0.15, -0.1) is 0 Å². The standard InChI is InChI=1S/C11H15N5OS2/c1-18-11-14-9(4-10(15-11)16-12)13-5-8(17)7-2-3-19-6-7/h2-4,6,8,17H,5,12H2,1H3,(H2,13,14,15,16). The molecule has 2 aromatic heterocycles. The number of hydrogen-bond acceptors (Lipinski definition) is 8. The highest BCUT2D eigenvalue weighted by Gasteiger charge is 2.09. The first-order valence-electron chi connectivity index (χ1n) is 5.56. The summed E-state index contributed by atoms with van der Waals surface area (Å²) in [4.78, 5) is 8.45. The van der Waals surface area contributed by atoms with Crippen molar-refractivity contribution in [3.05, 3.63) is 28.5 Å². The minimum Gasteiger partial charge on any atom is -0.387 e. The molecule has 102 valence electrons. The second-order valence-electron chi connectivity index (χ2n) is 3.72. The third-order valence-electron chi connectivity index (χ3n) is 2.44. The van der Waals surface area contributed by atoms with E-state index in [1.54, 1.807) is 17.4 Å². The van der Waals surface area contributed by atoms with Gasteiger partial charge in [0.15, 0.2) is 5.16 Å². The van der Waals surface area contributed by atoms with Gasteiger partial charge in [-0.05, 0) is 28.6 Å². The van der Waals surface area contributed by atoms with Gasteiger partial charge < -0.3 is 15.8 Å². The van der Waals surface area contributed by atoms with Crippen molar-refractivity contribution in [3.63, 3.8) is 0 Å². The Bertz CT molecular complexity index is 498. The van der Waals surface area contributed by atoms with Gasteiger partial charge in [0.2, 0.25) is 0 Å². The Hall–Kier alpha value is -1.35. The molecule has 5 N–H and O–H groups in total. The van der Waals surface area contributed by atoms with E-state index in [1.165, 1.54) is 11.8 Å². The Morgan fingerprint density at radius 2 is 2.26 bits per heavy atom. The molecule has 8 heteroatoms. The number of aromatic nitrogens is 2. The minimum atomic E-state index is -0.562. The summed E-state index contributed by atoms with van der Waals surface area (Å²) in [6.07, 6.45) is 1.33. The number of aliphatic hydroxyl groups is 1. The lowest BCUT2D eigenvalue weighted by atomic mass is 10.2. The number of hydrogen-bond donors (Lipinski definition) is 4. The molecule has 0 aromatic carbocycles. The summed E-state index contributed by atoms with van der Waals surface area (Å²) in [5, 5.41) is 17.5. The predicted octanol–water partition coefficient (Wildman–Crippen LogP) is 1.69. The molecule has 2 aromatic rings. The van der Waals surface area contributed by atoms with E-state index in [4.69, 9.17) is 5.84 Å². The fourth-order valence-electron chi connectivity index (χ4n) is 1.46. The van der Waals surface area contributed by atoms with E-state index in [1.807, 2.05) is 23.1 Å². The zero-order chi connectivity index (χ0) is 13.7. The van der Waals surface area contributed by atoms with Crippen LogP contribution in [0.15, 0.2) is 28.0 Å². The molecule has 0 spiro atoms. The fourth-order valence-corrected chi connectivity index (χ4v) is 2.55. The topological polar surface area (TPSA) is 96.1 Å².